The Morgan fingerprint density at radius 2 is 1.70 bits per heavy atom. The summed E-state index contributed by atoms with van der Waals surface area (Å²) in [4.78, 5) is 10.9. The number of ether oxygens (including phenoxy) is 2. The van der Waals surface area contributed by atoms with E-state index in [2.05, 4.69) is 11.8 Å². The number of methoxy groups -OCH3 is 2. The lowest BCUT2D eigenvalue weighted by Gasteiger charge is -2.05. The standard InChI is InChI=1S/C17H14O3/c1-19-16-10-9-14(17(11-16)20-2)8-7-13-5-3-4-6-15(13)12-18/h3-6,9-12H,1-2H3. The molecule has 2 aromatic rings. The van der Waals surface area contributed by atoms with Crippen LogP contribution in [-0.2, 0) is 0 Å². The van der Waals surface area contributed by atoms with Crippen LogP contribution in [0.2, 0.25) is 0 Å². The van der Waals surface area contributed by atoms with Crippen molar-refractivity contribution >= 4 is 6.29 Å². The fourth-order valence-electron chi connectivity index (χ4n) is 1.75. The molecule has 0 amide bonds. The number of carbonyl (C=O) groups excluding carboxylic acids is 1. The molecule has 100 valence electrons. The van der Waals surface area contributed by atoms with E-state index in [-0.39, 0.29) is 0 Å². The lowest BCUT2D eigenvalue weighted by molar-refractivity contribution is 0.112. The molecule has 0 saturated heterocycles. The molecule has 0 bridgehead atoms. The van der Waals surface area contributed by atoms with Crippen LogP contribution in [0.15, 0.2) is 42.5 Å². The van der Waals surface area contributed by atoms with Crippen LogP contribution >= 0.6 is 0 Å². The van der Waals surface area contributed by atoms with Gasteiger partial charge < -0.3 is 9.47 Å². The van der Waals surface area contributed by atoms with E-state index in [1.54, 1.807) is 26.4 Å². The third-order valence-electron chi connectivity index (χ3n) is 2.83. The third kappa shape index (κ3) is 2.99. The van der Waals surface area contributed by atoms with Crippen molar-refractivity contribution in [3.8, 4) is 23.3 Å². The first-order valence-corrected chi connectivity index (χ1v) is 6.06. The van der Waals surface area contributed by atoms with E-state index in [1.807, 2.05) is 30.3 Å². The van der Waals surface area contributed by atoms with Crippen LogP contribution in [0.3, 0.4) is 0 Å². The Balaban J connectivity index is 2.40. The zero-order chi connectivity index (χ0) is 14.4. The molecule has 0 N–H and O–H groups in total. The van der Waals surface area contributed by atoms with Gasteiger partial charge in [-0.05, 0) is 18.2 Å². The predicted octanol–water partition coefficient (Wildman–Crippen LogP) is 2.92. The number of rotatable bonds is 3. The van der Waals surface area contributed by atoms with Gasteiger partial charge in [-0.1, -0.05) is 30.0 Å². The number of aldehydes is 1. The first-order valence-electron chi connectivity index (χ1n) is 6.06. The Kier molecular flexibility index (Phi) is 4.41. The quantitative estimate of drug-likeness (QED) is 0.633. The molecule has 0 aliphatic heterocycles. The van der Waals surface area contributed by atoms with Gasteiger partial charge in [-0.2, -0.15) is 0 Å². The smallest absolute Gasteiger partial charge is 0.151 e. The second-order valence-electron chi connectivity index (χ2n) is 4.02. The highest BCUT2D eigenvalue weighted by molar-refractivity contribution is 5.79. The minimum atomic E-state index is 0.576. The van der Waals surface area contributed by atoms with E-state index >= 15 is 0 Å². The molecule has 0 unspecified atom stereocenters. The minimum Gasteiger partial charge on any atom is -0.497 e. The fourth-order valence-corrected chi connectivity index (χ4v) is 1.75. The van der Waals surface area contributed by atoms with E-state index in [0.29, 0.717) is 22.6 Å². The lowest BCUT2D eigenvalue weighted by atomic mass is 10.1. The molecular weight excluding hydrogens is 252 g/mol. The SMILES string of the molecule is COc1ccc(C#Cc2ccccc2C=O)c(OC)c1. The average Bonchev–Trinajstić information content (AvgIpc) is 2.52. The topological polar surface area (TPSA) is 35.5 Å². The zero-order valence-corrected chi connectivity index (χ0v) is 11.3. The van der Waals surface area contributed by atoms with Gasteiger partial charge in [0.1, 0.15) is 11.5 Å². The summed E-state index contributed by atoms with van der Waals surface area (Å²) in [6, 6.07) is 12.6. The summed E-state index contributed by atoms with van der Waals surface area (Å²) < 4.78 is 10.4. The summed E-state index contributed by atoms with van der Waals surface area (Å²) in [6.07, 6.45) is 0.801. The Morgan fingerprint density at radius 3 is 2.40 bits per heavy atom. The van der Waals surface area contributed by atoms with Crippen molar-refractivity contribution in [2.75, 3.05) is 14.2 Å². The Labute approximate surface area is 118 Å². The maximum absolute atomic E-state index is 10.9. The fraction of sp³-hybridized carbons (Fsp3) is 0.118. The Bertz CT molecular complexity index is 678. The molecular formula is C17H14O3. The van der Waals surface area contributed by atoms with Gasteiger partial charge in [-0.3, -0.25) is 4.79 Å². The summed E-state index contributed by atoms with van der Waals surface area (Å²) in [5, 5.41) is 0. The van der Waals surface area contributed by atoms with Crippen molar-refractivity contribution in [2.24, 2.45) is 0 Å². The van der Waals surface area contributed by atoms with Crippen LogP contribution in [-0.4, -0.2) is 20.5 Å². The summed E-state index contributed by atoms with van der Waals surface area (Å²) in [5.41, 5.74) is 2.02. The van der Waals surface area contributed by atoms with E-state index in [0.717, 1.165) is 11.8 Å². The molecule has 0 radical (unpaired) electrons. The predicted molar refractivity (Wildman–Crippen MR) is 77.4 cm³/mol. The van der Waals surface area contributed by atoms with Crippen molar-refractivity contribution in [1.29, 1.82) is 0 Å². The molecule has 20 heavy (non-hydrogen) atoms. The van der Waals surface area contributed by atoms with Gasteiger partial charge in [-0.15, -0.1) is 0 Å². The van der Waals surface area contributed by atoms with Crippen LogP contribution in [0, 0.1) is 11.8 Å². The van der Waals surface area contributed by atoms with E-state index in [1.165, 1.54) is 0 Å². The van der Waals surface area contributed by atoms with Crippen molar-refractivity contribution in [1.82, 2.24) is 0 Å². The molecule has 2 aromatic carbocycles. The molecule has 0 heterocycles. The summed E-state index contributed by atoms with van der Waals surface area (Å²) in [5.74, 6) is 7.36. The molecule has 3 heteroatoms. The number of hydrogen-bond acceptors (Lipinski definition) is 3. The second-order valence-corrected chi connectivity index (χ2v) is 4.02. The van der Waals surface area contributed by atoms with Gasteiger partial charge >= 0.3 is 0 Å². The first-order chi connectivity index (χ1) is 9.78. The molecule has 3 nitrogen and oxygen atoms in total. The van der Waals surface area contributed by atoms with Gasteiger partial charge in [0.2, 0.25) is 0 Å². The molecule has 0 aliphatic rings. The monoisotopic (exact) mass is 266 g/mol. The first kappa shape index (κ1) is 13.7. The average molecular weight is 266 g/mol. The van der Waals surface area contributed by atoms with Crippen LogP contribution in [0.25, 0.3) is 0 Å². The summed E-state index contributed by atoms with van der Waals surface area (Å²) >= 11 is 0. The molecule has 2 rings (SSSR count). The number of carbonyl (C=O) groups is 1. The maximum atomic E-state index is 10.9. The van der Waals surface area contributed by atoms with Crippen molar-refractivity contribution in [3.05, 3.63) is 59.2 Å². The van der Waals surface area contributed by atoms with Crippen LogP contribution in [0.4, 0.5) is 0 Å². The maximum Gasteiger partial charge on any atom is 0.151 e. The Hall–Kier alpha value is -2.73. The molecule has 0 saturated carbocycles. The molecule has 0 aromatic heterocycles. The van der Waals surface area contributed by atoms with Gasteiger partial charge in [0.15, 0.2) is 6.29 Å². The molecule has 0 fully saturated rings. The highest BCUT2D eigenvalue weighted by atomic mass is 16.5. The highest BCUT2D eigenvalue weighted by Crippen LogP contribution is 2.23. The van der Waals surface area contributed by atoms with Gasteiger partial charge in [0.05, 0.1) is 19.8 Å². The third-order valence-corrected chi connectivity index (χ3v) is 2.83. The molecule has 0 aliphatic carbocycles. The van der Waals surface area contributed by atoms with Gasteiger partial charge in [0.25, 0.3) is 0 Å². The van der Waals surface area contributed by atoms with Crippen molar-refractivity contribution in [2.45, 2.75) is 0 Å². The summed E-state index contributed by atoms with van der Waals surface area (Å²) in [6.45, 7) is 0. The second kappa shape index (κ2) is 6.44. The minimum absolute atomic E-state index is 0.576. The zero-order valence-electron chi connectivity index (χ0n) is 11.3. The number of hydrogen-bond donors (Lipinski definition) is 0. The van der Waals surface area contributed by atoms with Crippen LogP contribution < -0.4 is 9.47 Å². The summed E-state index contributed by atoms with van der Waals surface area (Å²) in [7, 11) is 3.18. The molecule has 0 spiro atoms. The van der Waals surface area contributed by atoms with Crippen LogP contribution in [0.5, 0.6) is 11.5 Å². The van der Waals surface area contributed by atoms with Crippen molar-refractivity contribution < 1.29 is 14.3 Å². The Morgan fingerprint density at radius 1 is 0.950 bits per heavy atom. The highest BCUT2D eigenvalue weighted by Gasteiger charge is 2.02. The van der Waals surface area contributed by atoms with Crippen LogP contribution in [0.1, 0.15) is 21.5 Å². The largest absolute Gasteiger partial charge is 0.497 e. The van der Waals surface area contributed by atoms with Gasteiger partial charge in [-0.25, -0.2) is 0 Å². The van der Waals surface area contributed by atoms with E-state index in [9.17, 15) is 4.79 Å². The lowest BCUT2D eigenvalue weighted by Crippen LogP contribution is -1.91. The van der Waals surface area contributed by atoms with Gasteiger partial charge in [0, 0.05) is 17.2 Å². The van der Waals surface area contributed by atoms with Crippen molar-refractivity contribution in [3.63, 3.8) is 0 Å². The number of benzene rings is 2. The van der Waals surface area contributed by atoms with E-state index < -0.39 is 0 Å². The van der Waals surface area contributed by atoms with E-state index in [4.69, 9.17) is 9.47 Å². The normalized spacial score (nSPS) is 9.30. The molecule has 0 atom stereocenters.